The number of hydrogen-bond donors (Lipinski definition) is 1. The normalized spacial score (nSPS) is 11.0. The lowest BCUT2D eigenvalue weighted by Crippen LogP contribution is -2.11. The molecule has 0 radical (unpaired) electrons. The summed E-state index contributed by atoms with van der Waals surface area (Å²) in [5.41, 5.74) is 1.16. The Bertz CT molecular complexity index is 843. The van der Waals surface area contributed by atoms with Crippen molar-refractivity contribution in [2.45, 2.75) is 42.6 Å². The zero-order valence-corrected chi connectivity index (χ0v) is 16.4. The minimum atomic E-state index is -0.0194. The molecule has 0 saturated carbocycles. The average Bonchev–Trinajstić information content (AvgIpc) is 3.28. The van der Waals surface area contributed by atoms with E-state index >= 15 is 0 Å². The molecule has 1 N–H and O–H groups in total. The fraction of sp³-hybridized carbons (Fsp3) is 0.316. The van der Waals surface area contributed by atoms with E-state index in [1.54, 1.807) is 24.2 Å². The SMILES string of the molecule is CC(C)c1cnc(CSc2cnc(NC(=O)CCc3ccccc3)s2)o1. The lowest BCUT2D eigenvalue weighted by molar-refractivity contribution is -0.116. The quantitative estimate of drug-likeness (QED) is 0.544. The van der Waals surface area contributed by atoms with Crippen molar-refractivity contribution in [2.75, 3.05) is 5.32 Å². The lowest BCUT2D eigenvalue weighted by atomic mass is 10.1. The second kappa shape index (κ2) is 9.00. The molecule has 0 atom stereocenters. The number of oxazole rings is 1. The van der Waals surface area contributed by atoms with Crippen LogP contribution in [-0.2, 0) is 17.0 Å². The zero-order valence-electron chi connectivity index (χ0n) is 14.8. The first-order valence-electron chi connectivity index (χ1n) is 8.47. The largest absolute Gasteiger partial charge is 0.445 e. The fourth-order valence-electron chi connectivity index (χ4n) is 2.26. The Morgan fingerprint density at radius 1 is 1.23 bits per heavy atom. The zero-order chi connectivity index (χ0) is 18.4. The van der Waals surface area contributed by atoms with E-state index in [-0.39, 0.29) is 5.91 Å². The molecular formula is C19H21N3O2S2. The standard InChI is InChI=1S/C19H21N3O2S2/c1-13(2)15-10-20-17(24-15)12-25-18-11-21-19(26-18)22-16(23)9-8-14-6-4-3-5-7-14/h3-7,10-11,13H,8-9,12H2,1-2H3,(H,21,22,23). The third-order valence-electron chi connectivity index (χ3n) is 3.69. The Hall–Kier alpha value is -2.12. The van der Waals surface area contributed by atoms with Gasteiger partial charge >= 0.3 is 0 Å². The van der Waals surface area contributed by atoms with Gasteiger partial charge in [-0.05, 0) is 12.0 Å². The van der Waals surface area contributed by atoms with Crippen molar-refractivity contribution in [1.82, 2.24) is 9.97 Å². The minimum absolute atomic E-state index is 0.0194. The molecule has 1 amide bonds. The molecule has 7 heteroatoms. The van der Waals surface area contributed by atoms with Crippen LogP contribution in [0.3, 0.4) is 0 Å². The molecule has 0 aliphatic rings. The molecule has 3 aromatic rings. The molecular weight excluding hydrogens is 366 g/mol. The number of benzene rings is 1. The summed E-state index contributed by atoms with van der Waals surface area (Å²) in [4.78, 5) is 20.6. The van der Waals surface area contributed by atoms with Gasteiger partial charge in [0.15, 0.2) is 5.13 Å². The third kappa shape index (κ3) is 5.44. The Morgan fingerprint density at radius 2 is 2.04 bits per heavy atom. The van der Waals surface area contributed by atoms with Crippen molar-refractivity contribution in [3.05, 3.63) is 59.9 Å². The first-order valence-corrected chi connectivity index (χ1v) is 10.3. The predicted molar refractivity (Wildman–Crippen MR) is 106 cm³/mol. The van der Waals surface area contributed by atoms with E-state index in [0.29, 0.717) is 29.1 Å². The summed E-state index contributed by atoms with van der Waals surface area (Å²) >= 11 is 3.07. The molecule has 0 aliphatic carbocycles. The van der Waals surface area contributed by atoms with Crippen molar-refractivity contribution in [3.8, 4) is 0 Å². The van der Waals surface area contributed by atoms with Crippen molar-refractivity contribution >= 4 is 34.1 Å². The molecule has 2 heterocycles. The van der Waals surface area contributed by atoms with E-state index in [1.807, 2.05) is 30.3 Å². The summed E-state index contributed by atoms with van der Waals surface area (Å²) in [5.74, 6) is 2.57. The molecule has 0 bridgehead atoms. The molecule has 0 unspecified atom stereocenters. The molecule has 3 rings (SSSR count). The van der Waals surface area contributed by atoms with Crippen LogP contribution in [0, 0.1) is 0 Å². The van der Waals surface area contributed by atoms with Crippen molar-refractivity contribution < 1.29 is 9.21 Å². The van der Waals surface area contributed by atoms with Gasteiger partial charge in [0.1, 0.15) is 5.76 Å². The smallest absolute Gasteiger partial charge is 0.226 e. The summed E-state index contributed by atoms with van der Waals surface area (Å²) < 4.78 is 6.72. The Kier molecular flexibility index (Phi) is 6.46. The van der Waals surface area contributed by atoms with Gasteiger partial charge in [-0.3, -0.25) is 4.79 Å². The highest BCUT2D eigenvalue weighted by atomic mass is 32.2. The molecule has 26 heavy (non-hydrogen) atoms. The highest BCUT2D eigenvalue weighted by Gasteiger charge is 2.10. The van der Waals surface area contributed by atoms with Crippen LogP contribution in [0.4, 0.5) is 5.13 Å². The van der Waals surface area contributed by atoms with Crippen LogP contribution in [-0.4, -0.2) is 15.9 Å². The van der Waals surface area contributed by atoms with E-state index in [9.17, 15) is 4.79 Å². The monoisotopic (exact) mass is 387 g/mol. The van der Waals surface area contributed by atoms with Crippen LogP contribution in [0.1, 0.15) is 43.4 Å². The van der Waals surface area contributed by atoms with Gasteiger partial charge in [0.05, 0.1) is 22.4 Å². The van der Waals surface area contributed by atoms with Crippen LogP contribution >= 0.6 is 23.1 Å². The van der Waals surface area contributed by atoms with Gasteiger partial charge in [-0.15, -0.1) is 11.8 Å². The summed E-state index contributed by atoms with van der Waals surface area (Å²) in [5, 5.41) is 3.49. The maximum Gasteiger partial charge on any atom is 0.226 e. The van der Waals surface area contributed by atoms with E-state index in [0.717, 1.165) is 22.0 Å². The first kappa shape index (κ1) is 18.7. The topological polar surface area (TPSA) is 68.0 Å². The molecule has 136 valence electrons. The van der Waals surface area contributed by atoms with Crippen LogP contribution < -0.4 is 5.32 Å². The molecule has 1 aromatic carbocycles. The number of thiazole rings is 1. The van der Waals surface area contributed by atoms with E-state index < -0.39 is 0 Å². The lowest BCUT2D eigenvalue weighted by Gasteiger charge is -2.02. The number of amides is 1. The summed E-state index contributed by atoms with van der Waals surface area (Å²) in [6.07, 6.45) is 4.72. The Morgan fingerprint density at radius 3 is 2.77 bits per heavy atom. The van der Waals surface area contributed by atoms with E-state index in [4.69, 9.17) is 4.42 Å². The highest BCUT2D eigenvalue weighted by molar-refractivity contribution is 8.00. The van der Waals surface area contributed by atoms with Gasteiger partial charge in [0.2, 0.25) is 11.8 Å². The Labute approximate surface area is 161 Å². The second-order valence-electron chi connectivity index (χ2n) is 6.12. The maximum absolute atomic E-state index is 12.1. The molecule has 0 spiro atoms. The number of thioether (sulfide) groups is 1. The highest BCUT2D eigenvalue weighted by Crippen LogP contribution is 2.31. The summed E-state index contributed by atoms with van der Waals surface area (Å²) in [7, 11) is 0. The van der Waals surface area contributed by atoms with Crippen molar-refractivity contribution in [1.29, 1.82) is 0 Å². The summed E-state index contributed by atoms with van der Waals surface area (Å²) in [6, 6.07) is 9.99. The summed E-state index contributed by atoms with van der Waals surface area (Å²) in [6.45, 7) is 4.15. The van der Waals surface area contributed by atoms with Crippen LogP contribution in [0.5, 0.6) is 0 Å². The van der Waals surface area contributed by atoms with Crippen molar-refractivity contribution in [2.24, 2.45) is 0 Å². The third-order valence-corrected chi connectivity index (χ3v) is 5.78. The molecule has 0 fully saturated rings. The van der Waals surface area contributed by atoms with Gasteiger partial charge in [0.25, 0.3) is 0 Å². The number of carbonyl (C=O) groups is 1. The molecule has 5 nitrogen and oxygen atoms in total. The number of nitrogens with one attached hydrogen (secondary N) is 1. The van der Waals surface area contributed by atoms with Gasteiger partial charge < -0.3 is 9.73 Å². The van der Waals surface area contributed by atoms with E-state index in [2.05, 4.69) is 29.1 Å². The average molecular weight is 388 g/mol. The van der Waals surface area contributed by atoms with Crippen LogP contribution in [0.25, 0.3) is 0 Å². The number of aryl methyl sites for hydroxylation is 1. The maximum atomic E-state index is 12.1. The molecule has 0 aliphatic heterocycles. The number of carbonyl (C=O) groups excluding carboxylic acids is 1. The minimum Gasteiger partial charge on any atom is -0.445 e. The van der Waals surface area contributed by atoms with Gasteiger partial charge in [-0.1, -0.05) is 55.5 Å². The van der Waals surface area contributed by atoms with Crippen molar-refractivity contribution in [3.63, 3.8) is 0 Å². The van der Waals surface area contributed by atoms with E-state index in [1.165, 1.54) is 11.3 Å². The second-order valence-corrected chi connectivity index (χ2v) is 8.42. The van der Waals surface area contributed by atoms with Gasteiger partial charge in [0, 0.05) is 12.3 Å². The number of anilines is 1. The molecule has 2 aromatic heterocycles. The van der Waals surface area contributed by atoms with Crippen LogP contribution in [0.15, 0.2) is 51.4 Å². The number of aromatic nitrogens is 2. The van der Waals surface area contributed by atoms with Crippen LogP contribution in [0.2, 0.25) is 0 Å². The predicted octanol–water partition coefficient (Wildman–Crippen LogP) is 5.12. The number of rotatable bonds is 8. The van der Waals surface area contributed by atoms with Gasteiger partial charge in [-0.25, -0.2) is 9.97 Å². The number of hydrogen-bond acceptors (Lipinski definition) is 6. The number of nitrogens with zero attached hydrogens (tertiary/aromatic N) is 2. The Balaban J connectivity index is 1.45. The fourth-order valence-corrected chi connectivity index (χ4v) is 4.00. The first-order chi connectivity index (χ1) is 12.6. The van der Waals surface area contributed by atoms with Gasteiger partial charge in [-0.2, -0.15) is 0 Å². The molecule has 0 saturated heterocycles.